The second-order valence-electron chi connectivity index (χ2n) is 23.6. The number of rotatable bonds is 8. The number of piperazine rings is 2. The molecule has 4 bridgehead atoms. The molecule has 4 atom stereocenters. The van der Waals surface area contributed by atoms with E-state index >= 15 is 22.4 Å². The molecule has 89 heavy (non-hydrogen) atoms. The average Bonchev–Trinajstić information content (AvgIpc) is 1.10. The Kier molecular flexibility index (Phi) is 16.2. The molecule has 0 N–H and O–H groups in total. The number of aromatic nitrogens is 8. The van der Waals surface area contributed by atoms with Crippen molar-refractivity contribution in [2.75, 3.05) is 55.7 Å². The van der Waals surface area contributed by atoms with E-state index in [1.807, 2.05) is 63.5 Å². The Morgan fingerprint density at radius 1 is 0.685 bits per heavy atom. The fraction of sp³-hybridized carbons (Fsp3) is 0.343. The van der Waals surface area contributed by atoms with Crippen molar-refractivity contribution in [3.05, 3.63) is 171 Å². The molecule has 0 saturated carbocycles. The van der Waals surface area contributed by atoms with Crippen LogP contribution in [0.15, 0.2) is 108 Å². The summed E-state index contributed by atoms with van der Waals surface area (Å²) in [4.78, 5) is 91.3. The molecule has 458 valence electrons. The number of hydrogen-bond acceptors (Lipinski definition) is 14. The first kappa shape index (κ1) is 59.7. The quantitative estimate of drug-likeness (QED) is 0.103. The molecule has 2 saturated heterocycles. The van der Waals surface area contributed by atoms with Crippen molar-refractivity contribution in [3.8, 4) is 45.4 Å². The van der Waals surface area contributed by atoms with Gasteiger partial charge < -0.3 is 29.1 Å². The summed E-state index contributed by atoms with van der Waals surface area (Å²) in [7, 11) is 0. The zero-order valence-corrected chi connectivity index (χ0v) is 50.3. The first-order valence-corrected chi connectivity index (χ1v) is 30.0. The normalized spacial score (nSPS) is 18.4. The fourth-order valence-electron chi connectivity index (χ4n) is 12.9. The molecule has 4 aliphatic heterocycles. The van der Waals surface area contributed by atoms with Crippen LogP contribution in [-0.2, 0) is 22.4 Å². The van der Waals surface area contributed by atoms with Crippen molar-refractivity contribution < 1.29 is 36.6 Å². The number of ether oxygens (including phenoxy) is 2. The number of aryl methyl sites for hydroxylation is 1. The van der Waals surface area contributed by atoms with Crippen LogP contribution in [0.25, 0.3) is 62.0 Å². The molecule has 18 nitrogen and oxygen atoms in total. The van der Waals surface area contributed by atoms with Crippen molar-refractivity contribution in [1.29, 1.82) is 0 Å². The molecule has 12 rings (SSSR count). The van der Waals surface area contributed by atoms with Crippen LogP contribution in [0.3, 0.4) is 0 Å². The van der Waals surface area contributed by atoms with E-state index in [1.165, 1.54) is 51.6 Å². The van der Waals surface area contributed by atoms with Crippen LogP contribution in [0, 0.1) is 23.3 Å². The van der Waals surface area contributed by atoms with Crippen molar-refractivity contribution in [2.45, 2.75) is 104 Å². The predicted octanol–water partition coefficient (Wildman–Crippen LogP) is 10.4. The summed E-state index contributed by atoms with van der Waals surface area (Å²) in [5, 5.41) is 0.300. The molecule has 1 unspecified atom stereocenters. The third kappa shape index (κ3) is 11.0. The van der Waals surface area contributed by atoms with Crippen molar-refractivity contribution in [2.24, 2.45) is 0 Å². The predicted molar refractivity (Wildman–Crippen MR) is 332 cm³/mol. The van der Waals surface area contributed by atoms with Gasteiger partial charge in [0.1, 0.15) is 46.2 Å². The number of nitrogens with zero attached hydrogens (tertiary/aromatic N) is 12. The summed E-state index contributed by atoms with van der Waals surface area (Å²) in [6, 6.07) is 12.3. The minimum atomic E-state index is -0.922. The molecule has 8 aromatic rings. The highest BCUT2D eigenvalue weighted by Crippen LogP contribution is 2.42. The van der Waals surface area contributed by atoms with Gasteiger partial charge in [0.05, 0.1) is 57.4 Å². The minimum absolute atomic E-state index is 0.0109. The van der Waals surface area contributed by atoms with E-state index in [-0.39, 0.29) is 132 Å². The number of pyridine rings is 4. The van der Waals surface area contributed by atoms with Gasteiger partial charge in [-0.1, -0.05) is 52.1 Å². The van der Waals surface area contributed by atoms with E-state index in [2.05, 4.69) is 23.1 Å². The number of fused-ring (bicyclic) bond motifs is 10. The molecular formula is C67H66F4N12O6. The largest absolute Gasteiger partial charge is 0.492 e. The van der Waals surface area contributed by atoms with Gasteiger partial charge in [0.2, 0.25) is 11.8 Å². The molecule has 4 aliphatic rings. The smallest absolute Gasteiger partial charge is 0.355 e. The van der Waals surface area contributed by atoms with Crippen LogP contribution in [-0.4, -0.2) is 125 Å². The van der Waals surface area contributed by atoms with E-state index in [1.54, 1.807) is 46.5 Å². The van der Waals surface area contributed by atoms with Gasteiger partial charge in [-0.25, -0.2) is 46.3 Å². The van der Waals surface area contributed by atoms with Crippen LogP contribution >= 0.6 is 0 Å². The Balaban J connectivity index is 1.01. The highest BCUT2D eigenvalue weighted by atomic mass is 19.1. The van der Waals surface area contributed by atoms with Gasteiger partial charge in [0.15, 0.2) is 22.9 Å². The SMILES string of the molecule is C=CC(=O)N1CCN(c2nc(=O)n3c4nc(c(F)cc24)-c2c(F)cc(CC(C)c4nccc5c4-n4c(=O)nc(N6CCN(C(=O)C=C)C[C@@H]6C)c6cc(F)c(nc64)-c4c(F)cccc4O[C@H](C)CCC5)cc2OCC/C=C\c2ccnc(C(C)C)c2-3)[C@@H](C)C1. The number of anilines is 2. The van der Waals surface area contributed by atoms with Gasteiger partial charge in [0, 0.05) is 75.2 Å². The lowest BCUT2D eigenvalue weighted by molar-refractivity contribution is -0.127. The molecule has 22 heteroatoms. The molecular weight excluding hydrogens is 1140 g/mol. The van der Waals surface area contributed by atoms with E-state index in [4.69, 9.17) is 29.4 Å². The Morgan fingerprint density at radius 2 is 1.27 bits per heavy atom. The van der Waals surface area contributed by atoms with Crippen LogP contribution in [0.2, 0.25) is 0 Å². The maximum atomic E-state index is 17.7. The summed E-state index contributed by atoms with van der Waals surface area (Å²) in [5.41, 5.74) is 0.355. The number of halogens is 4. The lowest BCUT2D eigenvalue weighted by Crippen LogP contribution is -2.54. The van der Waals surface area contributed by atoms with Gasteiger partial charge in [-0.05, 0) is 131 Å². The van der Waals surface area contributed by atoms with Crippen LogP contribution in [0.1, 0.15) is 101 Å². The third-order valence-electron chi connectivity index (χ3n) is 17.2. The van der Waals surface area contributed by atoms with Gasteiger partial charge in [-0.2, -0.15) is 9.97 Å². The summed E-state index contributed by atoms with van der Waals surface area (Å²) in [5.74, 6) is -4.56. The number of amides is 2. The molecule has 6 aromatic heterocycles. The molecule has 2 amide bonds. The van der Waals surface area contributed by atoms with Crippen molar-refractivity contribution in [1.82, 2.24) is 48.8 Å². The van der Waals surface area contributed by atoms with Crippen LogP contribution in [0.4, 0.5) is 29.2 Å². The van der Waals surface area contributed by atoms with Crippen LogP contribution < -0.4 is 30.7 Å². The summed E-state index contributed by atoms with van der Waals surface area (Å²) in [6.45, 7) is 20.1. The van der Waals surface area contributed by atoms with Gasteiger partial charge in [-0.15, -0.1) is 0 Å². The van der Waals surface area contributed by atoms with Crippen molar-refractivity contribution in [3.63, 3.8) is 0 Å². The van der Waals surface area contributed by atoms with Gasteiger partial charge in [0.25, 0.3) is 0 Å². The summed E-state index contributed by atoms with van der Waals surface area (Å²) in [6.07, 6.45) is 10.8. The zero-order valence-electron chi connectivity index (χ0n) is 50.3. The second-order valence-corrected chi connectivity index (χ2v) is 23.6. The van der Waals surface area contributed by atoms with Gasteiger partial charge >= 0.3 is 11.4 Å². The summed E-state index contributed by atoms with van der Waals surface area (Å²) < 4.78 is 84.0. The lowest BCUT2D eigenvalue weighted by atomic mass is 9.92. The van der Waals surface area contributed by atoms with E-state index < -0.39 is 64.1 Å². The fourth-order valence-corrected chi connectivity index (χ4v) is 12.9. The lowest BCUT2D eigenvalue weighted by Gasteiger charge is -2.40. The van der Waals surface area contributed by atoms with E-state index in [0.29, 0.717) is 65.1 Å². The molecule has 10 heterocycles. The Morgan fingerprint density at radius 3 is 1.87 bits per heavy atom. The third-order valence-corrected chi connectivity index (χ3v) is 17.2. The number of carbonyl (C=O) groups is 2. The Bertz CT molecular complexity index is 4380. The molecule has 2 fully saturated rings. The first-order chi connectivity index (χ1) is 42.8. The highest BCUT2D eigenvalue weighted by molar-refractivity contribution is 5.94. The zero-order chi connectivity index (χ0) is 62.7. The minimum Gasteiger partial charge on any atom is -0.492 e. The maximum Gasteiger partial charge on any atom is 0.355 e. The molecule has 0 aliphatic carbocycles. The van der Waals surface area contributed by atoms with Crippen LogP contribution in [0.5, 0.6) is 11.5 Å². The van der Waals surface area contributed by atoms with E-state index in [9.17, 15) is 14.4 Å². The average molecular weight is 1210 g/mol. The number of hydrogen-bond donors (Lipinski definition) is 0. The number of benzene rings is 2. The first-order valence-electron chi connectivity index (χ1n) is 30.0. The molecule has 0 radical (unpaired) electrons. The van der Waals surface area contributed by atoms with E-state index in [0.717, 1.165) is 0 Å². The Labute approximate surface area is 510 Å². The highest BCUT2D eigenvalue weighted by Gasteiger charge is 2.35. The monoisotopic (exact) mass is 1210 g/mol. The standard InChI is InChI=1S/C67H66F4N12O6/c1-9-52(84)78-24-26-80(38(6)34-78)62-44-33-49(71)59-55-47(69)30-41(31-51(55)88-28-12-11-16-42-20-22-72-56(36(3)4)60(42)82(64(44)75-59)66(86)76-62)29-37(5)57-61-43(21-23-73-57)17-13-15-40(8)89-50-19-14-18-46(68)54(50)58-48(70)32-45-63(77-67(87)83(61)65(45)74-58)81-27-25-79(35-39(81)7)53(85)10-2/h9-11,14,16,18-23,30-33,36-40H,1-2,12-13,15,17,24-29,34-35H2,3-8H3/b16-11-/t37?,38-,39-,40+/m0/s1. The second kappa shape index (κ2) is 24.2. The summed E-state index contributed by atoms with van der Waals surface area (Å²) >= 11 is 0. The number of carbonyl (C=O) groups excluding carboxylic acids is 2. The topological polar surface area (TPSA) is 187 Å². The molecule has 2 aromatic carbocycles. The Hall–Kier alpha value is -9.60. The van der Waals surface area contributed by atoms with Gasteiger partial charge in [-0.3, -0.25) is 19.6 Å². The molecule has 0 spiro atoms. The van der Waals surface area contributed by atoms with Crippen molar-refractivity contribution >= 4 is 51.6 Å². The maximum absolute atomic E-state index is 17.7.